The summed E-state index contributed by atoms with van der Waals surface area (Å²) in [6.45, 7) is 6.50. The van der Waals surface area contributed by atoms with Gasteiger partial charge in [-0.15, -0.1) is 0 Å². The molecule has 19 heavy (non-hydrogen) atoms. The smallest absolute Gasteiger partial charge is 0.260 e. The lowest BCUT2D eigenvalue weighted by Crippen LogP contribution is -2.37. The minimum atomic E-state index is -0.607. The van der Waals surface area contributed by atoms with Crippen molar-refractivity contribution in [2.24, 2.45) is 5.92 Å². The second-order valence-electron chi connectivity index (χ2n) is 4.81. The zero-order chi connectivity index (χ0) is 14.4. The Bertz CT molecular complexity index is 437. The molecule has 1 amide bonds. The van der Waals surface area contributed by atoms with E-state index in [-0.39, 0.29) is 11.7 Å². The van der Waals surface area contributed by atoms with E-state index < -0.39 is 6.10 Å². The minimum absolute atomic E-state index is 0.166. The second-order valence-corrected chi connectivity index (χ2v) is 5.66. The normalized spacial score (nSPS) is 12.3. The van der Waals surface area contributed by atoms with Crippen LogP contribution in [-0.4, -0.2) is 18.6 Å². The molecule has 0 aliphatic heterocycles. The summed E-state index contributed by atoms with van der Waals surface area (Å²) in [6.07, 6.45) is 0.324. The van der Waals surface area contributed by atoms with Crippen LogP contribution in [0.15, 0.2) is 22.7 Å². The van der Waals surface area contributed by atoms with Crippen molar-refractivity contribution >= 4 is 21.8 Å². The third-order valence-electron chi connectivity index (χ3n) is 2.59. The van der Waals surface area contributed by atoms with Gasteiger partial charge >= 0.3 is 0 Å². The van der Waals surface area contributed by atoms with Gasteiger partial charge in [-0.2, -0.15) is 0 Å². The number of rotatable bonds is 6. The predicted molar refractivity (Wildman–Crippen MR) is 76.7 cm³/mol. The quantitative estimate of drug-likeness (QED) is 0.866. The molecule has 1 N–H and O–H groups in total. The molecule has 1 aromatic carbocycles. The maximum atomic E-state index is 13.1. The van der Waals surface area contributed by atoms with E-state index in [0.717, 1.165) is 6.42 Å². The monoisotopic (exact) mass is 331 g/mol. The van der Waals surface area contributed by atoms with Gasteiger partial charge in [0.15, 0.2) is 6.10 Å². The van der Waals surface area contributed by atoms with Crippen LogP contribution >= 0.6 is 15.9 Å². The van der Waals surface area contributed by atoms with Crippen molar-refractivity contribution in [3.8, 4) is 5.75 Å². The summed E-state index contributed by atoms with van der Waals surface area (Å²) in [5, 5.41) is 2.81. The summed E-state index contributed by atoms with van der Waals surface area (Å²) >= 11 is 3.08. The van der Waals surface area contributed by atoms with E-state index in [9.17, 15) is 9.18 Å². The van der Waals surface area contributed by atoms with Crippen LogP contribution in [0, 0.1) is 11.7 Å². The largest absolute Gasteiger partial charge is 0.481 e. The van der Waals surface area contributed by atoms with Gasteiger partial charge < -0.3 is 10.1 Å². The lowest BCUT2D eigenvalue weighted by molar-refractivity contribution is -0.127. The van der Waals surface area contributed by atoms with Gasteiger partial charge in [-0.05, 0) is 53.4 Å². The fourth-order valence-corrected chi connectivity index (χ4v) is 1.79. The maximum absolute atomic E-state index is 13.1. The van der Waals surface area contributed by atoms with Gasteiger partial charge in [0.25, 0.3) is 5.91 Å². The first-order chi connectivity index (χ1) is 8.90. The van der Waals surface area contributed by atoms with Crippen molar-refractivity contribution in [2.45, 2.75) is 33.3 Å². The summed E-state index contributed by atoms with van der Waals surface area (Å²) in [5.41, 5.74) is 0. The van der Waals surface area contributed by atoms with Crippen molar-refractivity contribution in [1.29, 1.82) is 0 Å². The molecule has 3 nitrogen and oxygen atoms in total. The standard InChI is InChI=1S/C14H19BrFNO2/c1-9(2)6-7-17-14(18)10(3)19-11-4-5-13(16)12(15)8-11/h4-5,8-10H,6-7H2,1-3H3,(H,17,18). The van der Waals surface area contributed by atoms with Gasteiger partial charge in [0, 0.05) is 6.54 Å². The maximum Gasteiger partial charge on any atom is 0.260 e. The van der Waals surface area contributed by atoms with E-state index in [1.807, 2.05) is 0 Å². The van der Waals surface area contributed by atoms with Crippen LogP contribution in [0.25, 0.3) is 0 Å². The van der Waals surface area contributed by atoms with Gasteiger partial charge in [0.05, 0.1) is 4.47 Å². The molecular weight excluding hydrogens is 313 g/mol. The Morgan fingerprint density at radius 3 is 2.68 bits per heavy atom. The lowest BCUT2D eigenvalue weighted by atomic mass is 10.1. The highest BCUT2D eigenvalue weighted by Gasteiger charge is 2.14. The fraction of sp³-hybridized carbons (Fsp3) is 0.500. The predicted octanol–water partition coefficient (Wildman–Crippen LogP) is 3.52. The highest BCUT2D eigenvalue weighted by Crippen LogP contribution is 2.22. The van der Waals surface area contributed by atoms with Crippen molar-refractivity contribution in [1.82, 2.24) is 5.32 Å². The Balaban J connectivity index is 2.47. The third kappa shape index (κ3) is 5.59. The molecule has 0 aliphatic rings. The highest BCUT2D eigenvalue weighted by molar-refractivity contribution is 9.10. The molecule has 1 aromatic rings. The zero-order valence-corrected chi connectivity index (χ0v) is 13.0. The number of hydrogen-bond acceptors (Lipinski definition) is 2. The summed E-state index contributed by atoms with van der Waals surface area (Å²) in [7, 11) is 0. The molecule has 0 bridgehead atoms. The van der Waals surface area contributed by atoms with E-state index >= 15 is 0 Å². The molecule has 1 atom stereocenters. The van der Waals surface area contributed by atoms with Crippen molar-refractivity contribution in [2.75, 3.05) is 6.54 Å². The fourth-order valence-electron chi connectivity index (χ4n) is 1.44. The molecule has 0 saturated carbocycles. The third-order valence-corrected chi connectivity index (χ3v) is 3.20. The van der Waals surface area contributed by atoms with Crippen molar-refractivity contribution < 1.29 is 13.9 Å². The number of carbonyl (C=O) groups is 1. The first-order valence-electron chi connectivity index (χ1n) is 6.29. The number of carbonyl (C=O) groups excluding carboxylic acids is 1. The Labute approximate surface area is 121 Å². The SMILES string of the molecule is CC(C)CCNC(=O)C(C)Oc1ccc(F)c(Br)c1. The van der Waals surface area contributed by atoms with Gasteiger partial charge in [-0.1, -0.05) is 13.8 Å². The van der Waals surface area contributed by atoms with E-state index in [1.54, 1.807) is 6.92 Å². The van der Waals surface area contributed by atoms with Gasteiger partial charge in [0.1, 0.15) is 11.6 Å². The number of amides is 1. The van der Waals surface area contributed by atoms with E-state index in [4.69, 9.17) is 4.74 Å². The number of ether oxygens (including phenoxy) is 1. The van der Waals surface area contributed by atoms with Gasteiger partial charge in [-0.25, -0.2) is 4.39 Å². The van der Waals surface area contributed by atoms with Crippen molar-refractivity contribution in [3.05, 3.63) is 28.5 Å². The van der Waals surface area contributed by atoms with Gasteiger partial charge in [-0.3, -0.25) is 4.79 Å². The van der Waals surface area contributed by atoms with Crippen LogP contribution < -0.4 is 10.1 Å². The van der Waals surface area contributed by atoms with Crippen LogP contribution in [0.1, 0.15) is 27.2 Å². The first-order valence-corrected chi connectivity index (χ1v) is 7.09. The van der Waals surface area contributed by atoms with Crippen LogP contribution in [-0.2, 0) is 4.79 Å². The van der Waals surface area contributed by atoms with E-state index in [2.05, 4.69) is 35.1 Å². The molecule has 0 radical (unpaired) electrons. The second kappa shape index (κ2) is 7.48. The Kier molecular flexibility index (Phi) is 6.28. The molecule has 5 heteroatoms. The Morgan fingerprint density at radius 1 is 1.42 bits per heavy atom. The molecule has 1 rings (SSSR count). The Morgan fingerprint density at radius 2 is 2.11 bits per heavy atom. The van der Waals surface area contributed by atoms with Gasteiger partial charge in [0.2, 0.25) is 0 Å². The summed E-state index contributed by atoms with van der Waals surface area (Å²) < 4.78 is 18.8. The molecule has 0 saturated heterocycles. The van der Waals surface area contributed by atoms with Crippen LogP contribution in [0.4, 0.5) is 4.39 Å². The Hall–Kier alpha value is -1.10. The lowest BCUT2D eigenvalue weighted by Gasteiger charge is -2.15. The van der Waals surface area contributed by atoms with E-state index in [1.165, 1.54) is 18.2 Å². The number of benzene rings is 1. The molecule has 106 valence electrons. The summed E-state index contributed by atoms with van der Waals surface area (Å²) in [4.78, 5) is 11.8. The van der Waals surface area contributed by atoms with Crippen LogP contribution in [0.5, 0.6) is 5.75 Å². The van der Waals surface area contributed by atoms with Crippen LogP contribution in [0.3, 0.4) is 0 Å². The zero-order valence-electron chi connectivity index (χ0n) is 11.4. The molecule has 0 heterocycles. The minimum Gasteiger partial charge on any atom is -0.481 e. The number of hydrogen-bond donors (Lipinski definition) is 1. The number of halogens is 2. The molecule has 0 fully saturated rings. The molecule has 0 spiro atoms. The molecule has 0 aliphatic carbocycles. The first kappa shape index (κ1) is 16.0. The average Bonchev–Trinajstić information content (AvgIpc) is 2.33. The summed E-state index contributed by atoms with van der Waals surface area (Å²) in [5.74, 6) is 0.479. The van der Waals surface area contributed by atoms with Crippen LogP contribution in [0.2, 0.25) is 0 Å². The topological polar surface area (TPSA) is 38.3 Å². The van der Waals surface area contributed by atoms with E-state index in [0.29, 0.717) is 22.7 Å². The molecule has 1 unspecified atom stereocenters. The highest BCUT2D eigenvalue weighted by atomic mass is 79.9. The summed E-state index contributed by atoms with van der Waals surface area (Å²) in [6, 6.07) is 4.30. The van der Waals surface area contributed by atoms with Crippen molar-refractivity contribution in [3.63, 3.8) is 0 Å². The average molecular weight is 332 g/mol. The number of nitrogens with one attached hydrogen (secondary N) is 1. The molecular formula is C14H19BrFNO2. The molecule has 0 aromatic heterocycles.